The number of ether oxygens (including phenoxy) is 1. The van der Waals surface area contributed by atoms with Crippen LogP contribution in [0.3, 0.4) is 0 Å². The zero-order valence-corrected chi connectivity index (χ0v) is 7.98. The molecule has 2 rings (SSSR count). The fraction of sp³-hybridized carbons (Fsp3) is 1.00. The average Bonchev–Trinajstić information content (AvgIpc) is 2.07. The SMILES string of the molecule is NCCC1C2COCC1CC(O)C2. The molecule has 3 N–H and O–H groups in total. The van der Waals surface area contributed by atoms with Gasteiger partial charge >= 0.3 is 0 Å². The van der Waals surface area contributed by atoms with Crippen molar-refractivity contribution in [1.82, 2.24) is 0 Å². The number of hydrogen-bond acceptors (Lipinski definition) is 3. The van der Waals surface area contributed by atoms with Gasteiger partial charge in [0.2, 0.25) is 0 Å². The third-order valence-electron chi connectivity index (χ3n) is 3.52. The van der Waals surface area contributed by atoms with Gasteiger partial charge in [0.1, 0.15) is 0 Å². The van der Waals surface area contributed by atoms with Crippen molar-refractivity contribution < 1.29 is 9.84 Å². The lowest BCUT2D eigenvalue weighted by atomic mass is 9.68. The number of hydrogen-bond donors (Lipinski definition) is 2. The first-order valence-corrected chi connectivity index (χ1v) is 5.27. The molecule has 0 spiro atoms. The van der Waals surface area contributed by atoms with Gasteiger partial charge in [0, 0.05) is 13.2 Å². The first-order chi connectivity index (χ1) is 6.31. The maximum atomic E-state index is 9.61. The summed E-state index contributed by atoms with van der Waals surface area (Å²) < 4.78 is 5.51. The lowest BCUT2D eigenvalue weighted by Crippen LogP contribution is -2.44. The lowest BCUT2D eigenvalue weighted by Gasteiger charge is -2.44. The third kappa shape index (κ3) is 1.87. The number of nitrogens with two attached hydrogens (primary N) is 1. The monoisotopic (exact) mass is 185 g/mol. The Kier molecular flexibility index (Phi) is 2.86. The van der Waals surface area contributed by atoms with E-state index >= 15 is 0 Å². The minimum atomic E-state index is -0.0899. The minimum Gasteiger partial charge on any atom is -0.393 e. The van der Waals surface area contributed by atoms with Crippen LogP contribution in [0.5, 0.6) is 0 Å². The maximum Gasteiger partial charge on any atom is 0.0547 e. The second-order valence-corrected chi connectivity index (χ2v) is 4.42. The van der Waals surface area contributed by atoms with E-state index < -0.39 is 0 Å². The molecule has 3 heteroatoms. The average molecular weight is 185 g/mol. The van der Waals surface area contributed by atoms with E-state index in [1.165, 1.54) is 0 Å². The molecule has 3 nitrogen and oxygen atoms in total. The Hall–Kier alpha value is -0.120. The standard InChI is InChI=1S/C10H19NO2/c11-2-1-10-7-3-9(12)4-8(10)6-13-5-7/h7-10,12H,1-6,11H2. The van der Waals surface area contributed by atoms with Crippen LogP contribution in [0, 0.1) is 17.8 Å². The van der Waals surface area contributed by atoms with Crippen LogP contribution in [-0.2, 0) is 4.74 Å². The van der Waals surface area contributed by atoms with E-state index in [9.17, 15) is 5.11 Å². The topological polar surface area (TPSA) is 55.5 Å². The zero-order chi connectivity index (χ0) is 9.26. The summed E-state index contributed by atoms with van der Waals surface area (Å²) in [5, 5.41) is 9.61. The summed E-state index contributed by atoms with van der Waals surface area (Å²) in [4.78, 5) is 0. The van der Waals surface area contributed by atoms with E-state index in [1.807, 2.05) is 0 Å². The highest BCUT2D eigenvalue weighted by atomic mass is 16.5. The Morgan fingerprint density at radius 2 is 1.85 bits per heavy atom. The van der Waals surface area contributed by atoms with Crippen molar-refractivity contribution in [2.24, 2.45) is 23.5 Å². The van der Waals surface area contributed by atoms with Gasteiger partial charge in [0.25, 0.3) is 0 Å². The Morgan fingerprint density at radius 3 is 2.38 bits per heavy atom. The Labute approximate surface area is 79.3 Å². The van der Waals surface area contributed by atoms with E-state index in [0.717, 1.165) is 39.0 Å². The fourth-order valence-corrected chi connectivity index (χ4v) is 2.95. The molecule has 0 aromatic heterocycles. The molecule has 1 saturated carbocycles. The predicted octanol–water partition coefficient (Wildman–Crippen LogP) is 0.369. The Bertz CT molecular complexity index is 160. The number of fused-ring (bicyclic) bond motifs is 2. The predicted molar refractivity (Wildman–Crippen MR) is 50.2 cm³/mol. The molecule has 0 aromatic carbocycles. The van der Waals surface area contributed by atoms with Crippen LogP contribution < -0.4 is 5.73 Å². The van der Waals surface area contributed by atoms with Crippen LogP contribution >= 0.6 is 0 Å². The van der Waals surface area contributed by atoms with Gasteiger partial charge in [0.05, 0.1) is 6.10 Å². The normalized spacial score (nSPS) is 44.8. The second kappa shape index (κ2) is 3.95. The highest BCUT2D eigenvalue weighted by Gasteiger charge is 2.39. The molecule has 2 atom stereocenters. The molecule has 0 aromatic rings. The maximum absolute atomic E-state index is 9.61. The highest BCUT2D eigenvalue weighted by Crippen LogP contribution is 2.40. The number of rotatable bonds is 2. The lowest BCUT2D eigenvalue weighted by molar-refractivity contribution is -0.0930. The van der Waals surface area contributed by atoms with Crippen molar-refractivity contribution in [3.05, 3.63) is 0 Å². The number of aliphatic hydroxyl groups is 1. The van der Waals surface area contributed by atoms with E-state index in [1.54, 1.807) is 0 Å². The minimum absolute atomic E-state index is 0.0899. The first-order valence-electron chi connectivity index (χ1n) is 5.27. The van der Waals surface area contributed by atoms with Crippen LogP contribution in [0.2, 0.25) is 0 Å². The third-order valence-corrected chi connectivity index (χ3v) is 3.52. The summed E-state index contributed by atoms with van der Waals surface area (Å²) in [7, 11) is 0. The molecule has 2 unspecified atom stereocenters. The molecule has 13 heavy (non-hydrogen) atoms. The van der Waals surface area contributed by atoms with Gasteiger partial charge in [-0.05, 0) is 43.6 Å². The van der Waals surface area contributed by atoms with Crippen molar-refractivity contribution in [2.45, 2.75) is 25.4 Å². The molecule has 2 bridgehead atoms. The van der Waals surface area contributed by atoms with Gasteiger partial charge in [-0.2, -0.15) is 0 Å². The van der Waals surface area contributed by atoms with Gasteiger partial charge in [-0.25, -0.2) is 0 Å². The smallest absolute Gasteiger partial charge is 0.0547 e. The summed E-state index contributed by atoms with van der Waals surface area (Å²) >= 11 is 0. The van der Waals surface area contributed by atoms with Crippen molar-refractivity contribution in [1.29, 1.82) is 0 Å². The Balaban J connectivity index is 2.01. The van der Waals surface area contributed by atoms with Crippen LogP contribution in [0.4, 0.5) is 0 Å². The molecule has 1 aliphatic carbocycles. The van der Waals surface area contributed by atoms with Gasteiger partial charge in [-0.15, -0.1) is 0 Å². The van der Waals surface area contributed by atoms with Gasteiger partial charge in [0.15, 0.2) is 0 Å². The van der Waals surface area contributed by atoms with E-state index in [2.05, 4.69) is 0 Å². The summed E-state index contributed by atoms with van der Waals surface area (Å²) in [5.41, 5.74) is 5.59. The molecule has 0 amide bonds. The van der Waals surface area contributed by atoms with E-state index in [4.69, 9.17) is 10.5 Å². The summed E-state index contributed by atoms with van der Waals surface area (Å²) in [5.74, 6) is 1.83. The first kappa shape index (κ1) is 9.44. The molecule has 0 radical (unpaired) electrons. The van der Waals surface area contributed by atoms with Crippen LogP contribution in [0.15, 0.2) is 0 Å². The quantitative estimate of drug-likeness (QED) is 0.653. The largest absolute Gasteiger partial charge is 0.393 e. The zero-order valence-electron chi connectivity index (χ0n) is 7.98. The van der Waals surface area contributed by atoms with Crippen molar-refractivity contribution in [2.75, 3.05) is 19.8 Å². The highest BCUT2D eigenvalue weighted by molar-refractivity contribution is 4.88. The molecule has 2 aliphatic rings. The van der Waals surface area contributed by atoms with Gasteiger partial charge in [-0.1, -0.05) is 0 Å². The van der Waals surface area contributed by atoms with Gasteiger partial charge < -0.3 is 15.6 Å². The molecule has 76 valence electrons. The van der Waals surface area contributed by atoms with Crippen molar-refractivity contribution >= 4 is 0 Å². The van der Waals surface area contributed by atoms with Crippen molar-refractivity contribution in [3.63, 3.8) is 0 Å². The summed E-state index contributed by atoms with van der Waals surface area (Å²) in [6.07, 6.45) is 2.85. The number of aliphatic hydroxyl groups excluding tert-OH is 1. The van der Waals surface area contributed by atoms with Crippen LogP contribution in [-0.4, -0.2) is 31.0 Å². The molecule has 1 heterocycles. The molecular weight excluding hydrogens is 166 g/mol. The summed E-state index contributed by atoms with van der Waals surface area (Å²) in [6, 6.07) is 0. The molecule has 1 aliphatic heterocycles. The second-order valence-electron chi connectivity index (χ2n) is 4.42. The Morgan fingerprint density at radius 1 is 1.23 bits per heavy atom. The summed E-state index contributed by atoms with van der Waals surface area (Å²) in [6.45, 7) is 2.43. The molecule has 1 saturated heterocycles. The molecular formula is C10H19NO2. The van der Waals surface area contributed by atoms with Gasteiger partial charge in [-0.3, -0.25) is 0 Å². The van der Waals surface area contributed by atoms with Crippen LogP contribution in [0.25, 0.3) is 0 Å². The molecule has 2 fully saturated rings. The van der Waals surface area contributed by atoms with Crippen molar-refractivity contribution in [3.8, 4) is 0 Å². The van der Waals surface area contributed by atoms with Crippen LogP contribution in [0.1, 0.15) is 19.3 Å². The van der Waals surface area contributed by atoms with E-state index in [0.29, 0.717) is 17.8 Å². The van der Waals surface area contributed by atoms with E-state index in [-0.39, 0.29) is 6.10 Å². The fourth-order valence-electron chi connectivity index (χ4n) is 2.95.